The van der Waals surface area contributed by atoms with Gasteiger partial charge in [-0.3, -0.25) is 9.59 Å². The summed E-state index contributed by atoms with van der Waals surface area (Å²) in [4.78, 5) is 45.4. The van der Waals surface area contributed by atoms with Gasteiger partial charge in [-0.15, -0.1) is 0 Å². The summed E-state index contributed by atoms with van der Waals surface area (Å²) in [6.07, 6.45) is 2.71. The molecule has 1 atom stereocenters. The molecule has 204 valence electrons. The first kappa shape index (κ1) is 27.2. The predicted octanol–water partition coefficient (Wildman–Crippen LogP) is 2.89. The van der Waals surface area contributed by atoms with Crippen molar-refractivity contribution in [1.29, 1.82) is 0 Å². The van der Waals surface area contributed by atoms with E-state index in [4.69, 9.17) is 15.2 Å². The van der Waals surface area contributed by atoms with Gasteiger partial charge >= 0.3 is 6.09 Å². The zero-order valence-electron chi connectivity index (χ0n) is 22.2. The van der Waals surface area contributed by atoms with E-state index in [-0.39, 0.29) is 17.5 Å². The number of piperidine rings is 1. The number of carbonyl (C=O) groups is 3. The van der Waals surface area contributed by atoms with Crippen LogP contribution in [0.5, 0.6) is 0 Å². The lowest BCUT2D eigenvalue weighted by atomic mass is 10.1. The van der Waals surface area contributed by atoms with Crippen LogP contribution in [0.1, 0.15) is 54.3 Å². The van der Waals surface area contributed by atoms with Crippen molar-refractivity contribution in [3.05, 3.63) is 47.7 Å². The Labute approximate surface area is 222 Å². The SMILES string of the molecule is CC(C)(C)OC(=O)NC1CCCN(c2cc(Nc3ccc(C(=O)N4CCOCC4)cc3)c(C(N)=O)cn2)C1. The van der Waals surface area contributed by atoms with Crippen LogP contribution >= 0.6 is 0 Å². The molecule has 11 heteroatoms. The third-order valence-corrected chi connectivity index (χ3v) is 6.33. The molecule has 4 rings (SSSR count). The van der Waals surface area contributed by atoms with Crippen molar-refractivity contribution in [3.63, 3.8) is 0 Å². The van der Waals surface area contributed by atoms with E-state index >= 15 is 0 Å². The number of primary amides is 1. The van der Waals surface area contributed by atoms with E-state index in [1.807, 2.05) is 20.8 Å². The molecule has 11 nitrogen and oxygen atoms in total. The summed E-state index contributed by atoms with van der Waals surface area (Å²) in [6, 6.07) is 8.78. The third-order valence-electron chi connectivity index (χ3n) is 6.33. The molecule has 2 saturated heterocycles. The van der Waals surface area contributed by atoms with Crippen molar-refractivity contribution in [2.45, 2.75) is 45.3 Å². The van der Waals surface area contributed by atoms with Crippen LogP contribution in [0.15, 0.2) is 36.5 Å². The summed E-state index contributed by atoms with van der Waals surface area (Å²) in [5.41, 5.74) is 7.09. The molecule has 4 N–H and O–H groups in total. The molecule has 2 aliphatic rings. The topological polar surface area (TPSA) is 139 Å². The molecule has 0 bridgehead atoms. The summed E-state index contributed by atoms with van der Waals surface area (Å²) >= 11 is 0. The monoisotopic (exact) mass is 524 g/mol. The number of pyridine rings is 1. The summed E-state index contributed by atoms with van der Waals surface area (Å²) in [5.74, 6) is 0.0181. The number of carbonyl (C=O) groups excluding carboxylic acids is 3. The Bertz CT molecular complexity index is 1160. The molecule has 0 saturated carbocycles. The van der Waals surface area contributed by atoms with E-state index in [1.54, 1.807) is 35.2 Å². The van der Waals surface area contributed by atoms with E-state index in [0.717, 1.165) is 19.4 Å². The van der Waals surface area contributed by atoms with Gasteiger partial charge in [-0.05, 0) is 57.9 Å². The molecule has 0 aliphatic carbocycles. The number of nitrogens with one attached hydrogen (secondary N) is 2. The standard InChI is InChI=1S/C27H36N6O5/c1-27(2,3)38-26(36)31-20-5-4-10-33(17-20)23-15-22(21(16-29-23)24(28)34)30-19-8-6-18(7-9-19)25(35)32-11-13-37-14-12-32/h6-9,15-16,20H,4-5,10-14,17H2,1-3H3,(H2,28,34)(H,29,30)(H,31,36). The molecule has 3 heterocycles. The number of hydrogen-bond acceptors (Lipinski definition) is 8. The second kappa shape index (κ2) is 11.7. The van der Waals surface area contributed by atoms with Crippen LogP contribution in [0.3, 0.4) is 0 Å². The van der Waals surface area contributed by atoms with Crippen molar-refractivity contribution in [1.82, 2.24) is 15.2 Å². The van der Waals surface area contributed by atoms with Crippen molar-refractivity contribution in [2.75, 3.05) is 49.6 Å². The highest BCUT2D eigenvalue weighted by molar-refractivity contribution is 5.99. The number of morpholine rings is 1. The predicted molar refractivity (Wildman–Crippen MR) is 144 cm³/mol. The van der Waals surface area contributed by atoms with Gasteiger partial charge in [0, 0.05) is 55.7 Å². The first-order chi connectivity index (χ1) is 18.1. The van der Waals surface area contributed by atoms with Crippen molar-refractivity contribution < 1.29 is 23.9 Å². The Kier molecular flexibility index (Phi) is 8.35. The van der Waals surface area contributed by atoms with E-state index < -0.39 is 17.6 Å². The van der Waals surface area contributed by atoms with Crippen LogP contribution in [0.4, 0.5) is 22.0 Å². The molecule has 1 aromatic heterocycles. The minimum absolute atomic E-state index is 0.0384. The molecular weight excluding hydrogens is 488 g/mol. The van der Waals surface area contributed by atoms with Gasteiger partial charge in [-0.25, -0.2) is 9.78 Å². The van der Waals surface area contributed by atoms with E-state index in [1.165, 1.54) is 6.20 Å². The van der Waals surface area contributed by atoms with Crippen LogP contribution < -0.4 is 21.3 Å². The molecule has 38 heavy (non-hydrogen) atoms. The number of nitrogens with two attached hydrogens (primary N) is 1. The number of amides is 3. The fourth-order valence-corrected chi connectivity index (χ4v) is 4.49. The molecule has 1 unspecified atom stereocenters. The summed E-state index contributed by atoms with van der Waals surface area (Å²) in [7, 11) is 0. The van der Waals surface area contributed by atoms with E-state index in [9.17, 15) is 14.4 Å². The maximum absolute atomic E-state index is 12.7. The molecule has 2 fully saturated rings. The van der Waals surface area contributed by atoms with Crippen LogP contribution in [-0.2, 0) is 9.47 Å². The van der Waals surface area contributed by atoms with Crippen LogP contribution in [0, 0.1) is 0 Å². The maximum Gasteiger partial charge on any atom is 0.407 e. The van der Waals surface area contributed by atoms with Gasteiger partial charge in [0.2, 0.25) is 0 Å². The first-order valence-corrected chi connectivity index (χ1v) is 12.9. The van der Waals surface area contributed by atoms with Gasteiger partial charge in [0.05, 0.1) is 24.5 Å². The fourth-order valence-electron chi connectivity index (χ4n) is 4.49. The van der Waals surface area contributed by atoms with Gasteiger partial charge in [0.1, 0.15) is 11.4 Å². The van der Waals surface area contributed by atoms with Crippen molar-refractivity contribution in [3.8, 4) is 0 Å². The number of nitrogens with zero attached hydrogens (tertiary/aromatic N) is 3. The lowest BCUT2D eigenvalue weighted by molar-refractivity contribution is 0.0303. The Morgan fingerprint density at radius 2 is 1.82 bits per heavy atom. The fraction of sp³-hybridized carbons (Fsp3) is 0.481. The number of aromatic nitrogens is 1. The van der Waals surface area contributed by atoms with Crippen LogP contribution in [0.2, 0.25) is 0 Å². The highest BCUT2D eigenvalue weighted by Gasteiger charge is 2.26. The Morgan fingerprint density at radius 1 is 1.11 bits per heavy atom. The third kappa shape index (κ3) is 7.12. The van der Waals surface area contributed by atoms with Crippen LogP contribution in [0.25, 0.3) is 0 Å². The van der Waals surface area contributed by atoms with Gasteiger partial charge in [0.25, 0.3) is 11.8 Å². The molecule has 2 aliphatic heterocycles. The second-order valence-electron chi connectivity index (χ2n) is 10.5. The molecule has 1 aromatic carbocycles. The number of alkyl carbamates (subject to hydrolysis) is 1. The second-order valence-corrected chi connectivity index (χ2v) is 10.5. The Hall–Kier alpha value is -3.86. The summed E-state index contributed by atoms with van der Waals surface area (Å²) in [6.45, 7) is 9.03. The smallest absolute Gasteiger partial charge is 0.407 e. The first-order valence-electron chi connectivity index (χ1n) is 12.9. The minimum atomic E-state index is -0.603. The van der Waals surface area contributed by atoms with Gasteiger partial charge in [0.15, 0.2) is 0 Å². The van der Waals surface area contributed by atoms with Crippen molar-refractivity contribution >= 4 is 35.1 Å². The lowest BCUT2D eigenvalue weighted by Gasteiger charge is -2.34. The van der Waals surface area contributed by atoms with E-state index in [0.29, 0.717) is 55.6 Å². The number of rotatable bonds is 6. The average Bonchev–Trinajstić information content (AvgIpc) is 2.88. The minimum Gasteiger partial charge on any atom is -0.444 e. The largest absolute Gasteiger partial charge is 0.444 e. The molecule has 0 spiro atoms. The average molecular weight is 525 g/mol. The van der Waals surface area contributed by atoms with Gasteiger partial charge in [-0.2, -0.15) is 0 Å². The summed E-state index contributed by atoms with van der Waals surface area (Å²) in [5, 5.41) is 6.19. The maximum atomic E-state index is 12.7. The molecule has 3 amide bonds. The molecule has 2 aromatic rings. The van der Waals surface area contributed by atoms with Crippen molar-refractivity contribution in [2.24, 2.45) is 5.73 Å². The van der Waals surface area contributed by atoms with Gasteiger partial charge in [-0.1, -0.05) is 0 Å². The Balaban J connectivity index is 1.46. The number of hydrogen-bond donors (Lipinski definition) is 3. The highest BCUT2D eigenvalue weighted by atomic mass is 16.6. The highest BCUT2D eigenvalue weighted by Crippen LogP contribution is 2.27. The zero-order chi connectivity index (χ0) is 27.3. The summed E-state index contributed by atoms with van der Waals surface area (Å²) < 4.78 is 10.7. The number of ether oxygens (including phenoxy) is 2. The zero-order valence-corrected chi connectivity index (χ0v) is 22.2. The van der Waals surface area contributed by atoms with E-state index in [2.05, 4.69) is 20.5 Å². The molecular formula is C27H36N6O5. The van der Waals surface area contributed by atoms with Gasteiger partial charge < -0.3 is 35.6 Å². The number of anilines is 3. The lowest BCUT2D eigenvalue weighted by Crippen LogP contribution is -2.49. The molecule has 0 radical (unpaired) electrons. The van der Waals surface area contributed by atoms with Crippen LogP contribution in [-0.4, -0.2) is 78.8 Å². The normalized spacial score (nSPS) is 18.0. The Morgan fingerprint density at radius 3 is 2.47 bits per heavy atom. The quantitative estimate of drug-likeness (QED) is 0.524. The number of benzene rings is 1.